The number of phenolic OH excluding ortho intramolecular Hbond substituents is 2. The molecule has 8 rings (SSSR count). The molecule has 2 aromatic heterocycles. The molecular weight excluding hydrogens is 929 g/mol. The van der Waals surface area contributed by atoms with Crippen LogP contribution in [0.1, 0.15) is 62.5 Å². The molecule has 6 aromatic carbocycles. The van der Waals surface area contributed by atoms with Crippen molar-refractivity contribution < 1.29 is 57.8 Å². The Labute approximate surface area is 423 Å². The Kier molecular flexibility index (Phi) is 16.8. The number of phenols is 2. The summed E-state index contributed by atoms with van der Waals surface area (Å²) in [5, 5.41) is 19.5. The van der Waals surface area contributed by atoms with Crippen molar-refractivity contribution in [3.63, 3.8) is 0 Å². The lowest BCUT2D eigenvalue weighted by Crippen LogP contribution is -2.16. The van der Waals surface area contributed by atoms with Gasteiger partial charge in [0, 0.05) is 45.8 Å². The molecular formula is C59H56N2O12. The van der Waals surface area contributed by atoms with Crippen molar-refractivity contribution in [3.05, 3.63) is 181 Å². The van der Waals surface area contributed by atoms with Crippen molar-refractivity contribution in [2.45, 2.75) is 40.0 Å². The number of ether oxygens (including phenoxy) is 6. The van der Waals surface area contributed by atoms with Crippen LogP contribution < -0.4 is 18.9 Å². The minimum absolute atomic E-state index is 0.0463. The molecule has 8 aromatic rings. The summed E-state index contributed by atoms with van der Waals surface area (Å²) in [5.41, 5.74) is 7.25. The highest BCUT2D eigenvalue weighted by Crippen LogP contribution is 2.40. The maximum absolute atomic E-state index is 13.3. The van der Waals surface area contributed by atoms with E-state index in [1.165, 1.54) is 26.4 Å². The van der Waals surface area contributed by atoms with E-state index in [9.17, 15) is 29.4 Å². The summed E-state index contributed by atoms with van der Waals surface area (Å²) < 4.78 is 35.3. The normalized spacial score (nSPS) is 10.7. The predicted octanol–water partition coefficient (Wildman–Crippen LogP) is 11.6. The van der Waals surface area contributed by atoms with Gasteiger partial charge in [0.15, 0.2) is 11.6 Å². The van der Waals surface area contributed by atoms with Crippen LogP contribution in [-0.2, 0) is 22.6 Å². The second kappa shape index (κ2) is 23.7. The van der Waals surface area contributed by atoms with Crippen molar-refractivity contribution in [3.8, 4) is 79.0 Å². The lowest BCUT2D eigenvalue weighted by Gasteiger charge is -2.12. The molecule has 73 heavy (non-hydrogen) atoms. The molecule has 0 atom stereocenters. The van der Waals surface area contributed by atoms with E-state index < -0.39 is 11.9 Å². The first-order valence-corrected chi connectivity index (χ1v) is 23.3. The molecule has 0 aliphatic heterocycles. The number of hydrogen-bond donors (Lipinski definition) is 2. The standard InChI is InChI=1S/C32H33NO6.C27H23NO6/c1-6-38-26-15-11-24(12-16-26)30-28(22-7-17-27(18-8-22)39-21(2)3)19-33(31(30)32(35)37-5)20-29(34)23-9-13-25(36-4)14-10-23;1-33-22-13-7-18(8-14-22)24(31)16-28-15-23(17-3-9-20(29)10-4-17)25(26(28)27(32)34-2)19-5-11-21(30)12-6-19/h7-19,21H,6,20H2,1-5H3;3-15,29-30H,16H2,1-2H3. The Balaban J connectivity index is 0.000000216. The highest BCUT2D eigenvalue weighted by molar-refractivity contribution is 6.04. The maximum Gasteiger partial charge on any atom is 0.355 e. The van der Waals surface area contributed by atoms with Crippen LogP contribution in [0.3, 0.4) is 0 Å². The Morgan fingerprint density at radius 1 is 0.466 bits per heavy atom. The molecule has 2 heterocycles. The molecule has 0 bridgehead atoms. The Hall–Kier alpha value is -9.04. The third-order valence-electron chi connectivity index (χ3n) is 11.7. The van der Waals surface area contributed by atoms with E-state index in [0.717, 1.165) is 33.8 Å². The summed E-state index contributed by atoms with van der Waals surface area (Å²) in [7, 11) is 5.75. The third-order valence-corrected chi connectivity index (χ3v) is 11.7. The first-order chi connectivity index (χ1) is 35.2. The highest BCUT2D eigenvalue weighted by Gasteiger charge is 2.28. The van der Waals surface area contributed by atoms with Crippen LogP contribution in [-0.4, -0.2) is 84.0 Å². The fourth-order valence-electron chi connectivity index (χ4n) is 8.20. The molecule has 0 aliphatic carbocycles. The number of methoxy groups -OCH3 is 4. The van der Waals surface area contributed by atoms with Crippen LogP contribution in [0.15, 0.2) is 158 Å². The first kappa shape index (κ1) is 51.8. The quantitative estimate of drug-likeness (QED) is 0.0616. The van der Waals surface area contributed by atoms with Crippen molar-refractivity contribution in [1.82, 2.24) is 9.13 Å². The summed E-state index contributed by atoms with van der Waals surface area (Å²) in [4.78, 5) is 52.5. The lowest BCUT2D eigenvalue weighted by molar-refractivity contribution is 0.0579. The van der Waals surface area contributed by atoms with Crippen LogP contribution in [0.4, 0.5) is 0 Å². The van der Waals surface area contributed by atoms with Gasteiger partial charge in [-0.15, -0.1) is 0 Å². The minimum Gasteiger partial charge on any atom is -0.508 e. The number of aromatic nitrogens is 2. The Morgan fingerprint density at radius 2 is 0.808 bits per heavy atom. The van der Waals surface area contributed by atoms with Gasteiger partial charge in [0.05, 0.1) is 54.2 Å². The summed E-state index contributed by atoms with van der Waals surface area (Å²) in [6.07, 6.45) is 3.60. The molecule has 0 spiro atoms. The average Bonchev–Trinajstić information content (AvgIpc) is 3.97. The molecule has 0 aliphatic rings. The number of rotatable bonds is 18. The predicted molar refractivity (Wildman–Crippen MR) is 278 cm³/mol. The number of carbonyl (C=O) groups is 4. The molecule has 2 N–H and O–H groups in total. The second-order valence-corrected chi connectivity index (χ2v) is 16.8. The monoisotopic (exact) mass is 984 g/mol. The maximum atomic E-state index is 13.3. The van der Waals surface area contributed by atoms with Gasteiger partial charge in [0.2, 0.25) is 0 Å². The van der Waals surface area contributed by atoms with Crippen LogP contribution in [0.5, 0.6) is 34.5 Å². The number of aromatic hydroxyl groups is 2. The molecule has 0 amide bonds. The average molecular weight is 985 g/mol. The zero-order chi connectivity index (χ0) is 52.2. The van der Waals surface area contributed by atoms with Crippen LogP contribution in [0.25, 0.3) is 44.5 Å². The number of benzene rings is 6. The Morgan fingerprint density at radius 3 is 1.16 bits per heavy atom. The number of ketones is 2. The van der Waals surface area contributed by atoms with E-state index in [1.807, 2.05) is 75.5 Å². The first-order valence-electron chi connectivity index (χ1n) is 23.3. The smallest absolute Gasteiger partial charge is 0.355 e. The van der Waals surface area contributed by atoms with E-state index in [2.05, 4.69) is 0 Å². The number of hydrogen-bond acceptors (Lipinski definition) is 12. The van der Waals surface area contributed by atoms with Crippen LogP contribution >= 0.6 is 0 Å². The molecule has 0 unspecified atom stereocenters. The topological polar surface area (TPSA) is 174 Å². The molecule has 0 radical (unpaired) electrons. The fourth-order valence-corrected chi connectivity index (χ4v) is 8.20. The van der Waals surface area contributed by atoms with E-state index >= 15 is 0 Å². The van der Waals surface area contributed by atoms with Gasteiger partial charge in [0.1, 0.15) is 45.9 Å². The van der Waals surface area contributed by atoms with Crippen LogP contribution in [0, 0.1) is 0 Å². The largest absolute Gasteiger partial charge is 0.508 e. The van der Waals surface area contributed by atoms with E-state index in [0.29, 0.717) is 57.2 Å². The van der Waals surface area contributed by atoms with Gasteiger partial charge < -0.3 is 47.8 Å². The van der Waals surface area contributed by atoms with Gasteiger partial charge >= 0.3 is 11.9 Å². The Bertz CT molecular complexity index is 3170. The van der Waals surface area contributed by atoms with E-state index in [4.69, 9.17) is 28.4 Å². The number of Topliss-reactive ketones (excluding diaryl/α,β-unsaturated/α-hetero) is 2. The molecule has 0 fully saturated rings. The number of esters is 2. The molecule has 14 nitrogen and oxygen atoms in total. The second-order valence-electron chi connectivity index (χ2n) is 16.8. The van der Waals surface area contributed by atoms with Gasteiger partial charge in [-0.1, -0.05) is 48.5 Å². The SMILES string of the molecule is CCOc1ccc(-c2c(-c3ccc(OC(C)C)cc3)cn(CC(=O)c3ccc(OC)cc3)c2C(=O)OC)cc1.COC(=O)c1c(-c2ccc(O)cc2)c(-c2ccc(O)cc2)cn1CC(=O)c1ccc(OC)cc1. The van der Waals surface area contributed by atoms with Gasteiger partial charge in [-0.05, 0) is 140 Å². The lowest BCUT2D eigenvalue weighted by atomic mass is 9.96. The van der Waals surface area contributed by atoms with Crippen molar-refractivity contribution in [1.29, 1.82) is 0 Å². The number of nitrogens with zero attached hydrogens (tertiary/aromatic N) is 2. The summed E-state index contributed by atoms with van der Waals surface area (Å²) >= 11 is 0. The minimum atomic E-state index is -0.601. The molecule has 0 saturated heterocycles. The summed E-state index contributed by atoms with van der Waals surface area (Å²) in [6.45, 7) is 6.27. The van der Waals surface area contributed by atoms with E-state index in [-0.39, 0.29) is 48.0 Å². The van der Waals surface area contributed by atoms with Crippen molar-refractivity contribution >= 4 is 23.5 Å². The molecule has 14 heteroatoms. The zero-order valence-corrected chi connectivity index (χ0v) is 41.6. The number of carbonyl (C=O) groups excluding carboxylic acids is 4. The van der Waals surface area contributed by atoms with E-state index in [1.54, 1.807) is 114 Å². The van der Waals surface area contributed by atoms with Crippen molar-refractivity contribution in [2.75, 3.05) is 35.0 Å². The van der Waals surface area contributed by atoms with Gasteiger partial charge in [0.25, 0.3) is 0 Å². The molecule has 374 valence electrons. The van der Waals surface area contributed by atoms with Crippen molar-refractivity contribution in [2.24, 2.45) is 0 Å². The fraction of sp³-hybridized carbons (Fsp3) is 0.186. The van der Waals surface area contributed by atoms with Crippen LogP contribution in [0.2, 0.25) is 0 Å². The molecule has 0 saturated carbocycles. The third kappa shape index (κ3) is 12.3. The summed E-state index contributed by atoms with van der Waals surface area (Å²) in [5.74, 6) is 1.49. The van der Waals surface area contributed by atoms with Gasteiger partial charge in [-0.3, -0.25) is 9.59 Å². The summed E-state index contributed by atoms with van der Waals surface area (Å²) in [6, 6.07) is 41.9. The van der Waals surface area contributed by atoms with Gasteiger partial charge in [-0.25, -0.2) is 9.59 Å². The highest BCUT2D eigenvalue weighted by atomic mass is 16.5. The zero-order valence-electron chi connectivity index (χ0n) is 41.6. The van der Waals surface area contributed by atoms with Gasteiger partial charge in [-0.2, -0.15) is 0 Å².